The average Bonchev–Trinajstić information content (AvgIpc) is 2.46. The monoisotopic (exact) mass is 177 g/mol. The maximum Gasteiger partial charge on any atom is 0.354 e. The van der Waals surface area contributed by atoms with Crippen LogP contribution >= 0.6 is 0 Å². The van der Waals surface area contributed by atoms with Crippen molar-refractivity contribution in [3.8, 4) is 0 Å². The number of hydrogen-bond acceptors (Lipinski definition) is 3. The third kappa shape index (κ3) is 1.14. The molecule has 2 aromatic heterocycles. The minimum Gasteiger partial charge on any atom is -0.477 e. The Balaban J connectivity index is 2.79. The highest BCUT2D eigenvalue weighted by molar-refractivity contribution is 5.86. The summed E-state index contributed by atoms with van der Waals surface area (Å²) >= 11 is 0. The van der Waals surface area contributed by atoms with Crippen LogP contribution in [0.25, 0.3) is 5.78 Å². The molecule has 0 aromatic carbocycles. The van der Waals surface area contributed by atoms with E-state index in [1.165, 1.54) is 10.6 Å². The van der Waals surface area contributed by atoms with Crippen molar-refractivity contribution in [3.63, 3.8) is 0 Å². The molecule has 0 spiro atoms. The second-order valence-electron chi connectivity index (χ2n) is 2.75. The van der Waals surface area contributed by atoms with Crippen molar-refractivity contribution in [2.45, 2.75) is 6.92 Å². The molecule has 2 heterocycles. The molecule has 66 valence electrons. The lowest BCUT2D eigenvalue weighted by Crippen LogP contribution is -2.02. The summed E-state index contributed by atoms with van der Waals surface area (Å²) in [5, 5.41) is 8.77. The Morgan fingerprint density at radius 3 is 2.85 bits per heavy atom. The molecule has 1 N–H and O–H groups in total. The zero-order chi connectivity index (χ0) is 9.42. The summed E-state index contributed by atoms with van der Waals surface area (Å²) in [7, 11) is 0. The van der Waals surface area contributed by atoms with E-state index in [1.54, 1.807) is 12.4 Å². The summed E-state index contributed by atoms with van der Waals surface area (Å²) in [5.74, 6) is -0.595. The van der Waals surface area contributed by atoms with E-state index in [2.05, 4.69) is 9.97 Å². The molecule has 2 rings (SSSR count). The number of nitrogens with zero attached hydrogens (tertiary/aromatic N) is 3. The summed E-state index contributed by atoms with van der Waals surface area (Å²) in [4.78, 5) is 18.5. The van der Waals surface area contributed by atoms with E-state index in [1.807, 2.05) is 6.92 Å². The minimum atomic E-state index is -1.00. The highest BCUT2D eigenvalue weighted by Gasteiger charge is 2.10. The van der Waals surface area contributed by atoms with Gasteiger partial charge in [0.2, 0.25) is 5.78 Å². The average molecular weight is 177 g/mol. The van der Waals surface area contributed by atoms with Gasteiger partial charge in [0.05, 0.1) is 6.20 Å². The lowest BCUT2D eigenvalue weighted by atomic mass is 10.4. The van der Waals surface area contributed by atoms with Crippen LogP contribution in [0, 0.1) is 6.92 Å². The van der Waals surface area contributed by atoms with E-state index < -0.39 is 5.97 Å². The fraction of sp³-hybridized carbons (Fsp3) is 0.125. The molecule has 0 unspecified atom stereocenters. The molecule has 0 atom stereocenters. The fourth-order valence-electron chi connectivity index (χ4n) is 1.13. The van der Waals surface area contributed by atoms with E-state index in [0.717, 1.165) is 5.56 Å². The second kappa shape index (κ2) is 2.55. The van der Waals surface area contributed by atoms with E-state index in [0.29, 0.717) is 5.78 Å². The molecule has 0 bridgehead atoms. The van der Waals surface area contributed by atoms with Crippen molar-refractivity contribution in [2.75, 3.05) is 0 Å². The van der Waals surface area contributed by atoms with E-state index in [4.69, 9.17) is 5.11 Å². The number of aryl methyl sites for hydroxylation is 1. The second-order valence-corrected chi connectivity index (χ2v) is 2.75. The number of rotatable bonds is 1. The van der Waals surface area contributed by atoms with E-state index >= 15 is 0 Å². The molecule has 0 aliphatic rings. The standard InChI is InChI=1S/C8H7N3O2/c1-5-2-9-8-10-3-6(7(12)13)11(8)4-5/h2-4H,1H3,(H,12,13). The van der Waals surface area contributed by atoms with Crippen LogP contribution in [0.5, 0.6) is 0 Å². The number of carbonyl (C=O) groups is 1. The summed E-state index contributed by atoms with van der Waals surface area (Å²) in [6, 6.07) is 0. The molecule has 2 aromatic rings. The first kappa shape index (κ1) is 7.72. The molecule has 0 saturated heterocycles. The van der Waals surface area contributed by atoms with Crippen LogP contribution in [0.2, 0.25) is 0 Å². The molecular weight excluding hydrogens is 170 g/mol. The van der Waals surface area contributed by atoms with Gasteiger partial charge in [0, 0.05) is 12.4 Å². The summed E-state index contributed by atoms with van der Waals surface area (Å²) in [5.41, 5.74) is 1.03. The Bertz CT molecular complexity index is 475. The van der Waals surface area contributed by atoms with Gasteiger partial charge in [-0.25, -0.2) is 14.8 Å². The van der Waals surface area contributed by atoms with Gasteiger partial charge in [-0.3, -0.25) is 4.40 Å². The molecule has 13 heavy (non-hydrogen) atoms. The van der Waals surface area contributed by atoms with Gasteiger partial charge in [-0.05, 0) is 12.5 Å². The Morgan fingerprint density at radius 2 is 2.15 bits per heavy atom. The molecule has 5 heteroatoms. The smallest absolute Gasteiger partial charge is 0.354 e. The lowest BCUT2D eigenvalue weighted by molar-refractivity contribution is 0.0689. The molecule has 0 radical (unpaired) electrons. The Morgan fingerprint density at radius 1 is 1.46 bits per heavy atom. The maximum absolute atomic E-state index is 10.7. The zero-order valence-electron chi connectivity index (χ0n) is 6.93. The summed E-state index contributed by atoms with van der Waals surface area (Å²) < 4.78 is 1.46. The van der Waals surface area contributed by atoms with Crippen LogP contribution in [0.15, 0.2) is 18.6 Å². The Hall–Kier alpha value is -1.91. The number of carboxylic acids is 1. The highest BCUT2D eigenvalue weighted by Crippen LogP contribution is 2.05. The Labute approximate surface area is 73.7 Å². The first-order valence-corrected chi connectivity index (χ1v) is 3.71. The zero-order valence-corrected chi connectivity index (χ0v) is 6.93. The molecular formula is C8H7N3O2. The van der Waals surface area contributed by atoms with Crippen LogP contribution in [0.1, 0.15) is 16.1 Å². The van der Waals surface area contributed by atoms with Crippen molar-refractivity contribution in [2.24, 2.45) is 0 Å². The maximum atomic E-state index is 10.7. The number of aromatic nitrogens is 3. The SMILES string of the molecule is Cc1cnc2ncc(C(=O)O)n2c1. The van der Waals surface area contributed by atoms with Gasteiger partial charge in [0.25, 0.3) is 0 Å². The van der Waals surface area contributed by atoms with Crippen molar-refractivity contribution in [1.29, 1.82) is 0 Å². The lowest BCUT2D eigenvalue weighted by Gasteiger charge is -1.96. The van der Waals surface area contributed by atoms with E-state index in [9.17, 15) is 4.79 Å². The first-order chi connectivity index (χ1) is 6.18. The highest BCUT2D eigenvalue weighted by atomic mass is 16.4. The van der Waals surface area contributed by atoms with Crippen LogP contribution in [0.4, 0.5) is 0 Å². The van der Waals surface area contributed by atoms with Gasteiger partial charge in [-0.1, -0.05) is 0 Å². The minimum absolute atomic E-state index is 0.131. The molecule has 5 nitrogen and oxygen atoms in total. The van der Waals surface area contributed by atoms with Crippen molar-refractivity contribution in [1.82, 2.24) is 14.4 Å². The van der Waals surface area contributed by atoms with Crippen molar-refractivity contribution >= 4 is 11.7 Å². The normalized spacial score (nSPS) is 10.5. The summed E-state index contributed by atoms with van der Waals surface area (Å²) in [6.45, 7) is 1.85. The number of aromatic carboxylic acids is 1. The van der Waals surface area contributed by atoms with Gasteiger partial charge in [0.1, 0.15) is 0 Å². The summed E-state index contributed by atoms with van der Waals surface area (Å²) in [6.07, 6.45) is 4.64. The quantitative estimate of drug-likeness (QED) is 0.697. The Kier molecular flexibility index (Phi) is 1.51. The van der Waals surface area contributed by atoms with Crippen molar-refractivity contribution < 1.29 is 9.90 Å². The molecule has 0 saturated carbocycles. The van der Waals surface area contributed by atoms with Gasteiger partial charge in [0.15, 0.2) is 5.69 Å². The number of carboxylic acid groups (broad SMARTS) is 1. The predicted molar refractivity (Wildman–Crippen MR) is 44.7 cm³/mol. The number of hydrogen-bond donors (Lipinski definition) is 1. The van der Waals surface area contributed by atoms with Crippen LogP contribution in [0.3, 0.4) is 0 Å². The van der Waals surface area contributed by atoms with Gasteiger partial charge < -0.3 is 5.11 Å². The topological polar surface area (TPSA) is 67.5 Å². The number of imidazole rings is 1. The number of fused-ring (bicyclic) bond motifs is 1. The molecule has 0 amide bonds. The molecule has 0 aliphatic heterocycles. The first-order valence-electron chi connectivity index (χ1n) is 3.71. The van der Waals surface area contributed by atoms with Crippen molar-refractivity contribution in [3.05, 3.63) is 29.8 Å². The third-order valence-electron chi connectivity index (χ3n) is 1.71. The van der Waals surface area contributed by atoms with Gasteiger partial charge >= 0.3 is 5.97 Å². The largest absolute Gasteiger partial charge is 0.477 e. The van der Waals surface area contributed by atoms with E-state index in [-0.39, 0.29) is 5.69 Å². The van der Waals surface area contributed by atoms with Gasteiger partial charge in [-0.15, -0.1) is 0 Å². The molecule has 0 aliphatic carbocycles. The predicted octanol–water partition coefficient (Wildman–Crippen LogP) is 0.736. The fourth-order valence-corrected chi connectivity index (χ4v) is 1.13. The molecule has 0 fully saturated rings. The van der Waals surface area contributed by atoms with Crippen LogP contribution in [-0.2, 0) is 0 Å². The van der Waals surface area contributed by atoms with Gasteiger partial charge in [-0.2, -0.15) is 0 Å². The van der Waals surface area contributed by atoms with Crippen LogP contribution < -0.4 is 0 Å². The third-order valence-corrected chi connectivity index (χ3v) is 1.71. The van der Waals surface area contributed by atoms with Crippen LogP contribution in [-0.4, -0.2) is 25.4 Å².